The monoisotopic (exact) mass is 346 g/mol. The number of aliphatic hydroxyl groups excluding tert-OH is 1. The Morgan fingerprint density at radius 2 is 1.40 bits per heavy atom. The summed E-state index contributed by atoms with van der Waals surface area (Å²) in [6.07, 6.45) is 0. The van der Waals surface area contributed by atoms with Gasteiger partial charge in [-0.1, -0.05) is 0 Å². The van der Waals surface area contributed by atoms with Crippen LogP contribution in [0.25, 0.3) is 0 Å². The van der Waals surface area contributed by atoms with E-state index >= 15 is 0 Å². The Morgan fingerprint density at radius 1 is 1.27 bits per heavy atom. The summed E-state index contributed by atoms with van der Waals surface area (Å²) in [5.41, 5.74) is -6.55. The van der Waals surface area contributed by atoms with Crippen LogP contribution >= 0.6 is 0 Å². The molecule has 98 valence electrons. The SMILES string of the molecule is CC(C)(O)CO.O=S(=O)([O-])C(F)(F)F.[Ag+]. The molecule has 0 spiro atoms. The smallest absolute Gasteiger partial charge is 0.741 e. The Morgan fingerprint density at radius 3 is 1.40 bits per heavy atom. The number of halogens is 3. The Labute approximate surface area is 101 Å². The van der Waals surface area contributed by atoms with E-state index in [1.165, 1.54) is 0 Å². The van der Waals surface area contributed by atoms with Gasteiger partial charge in [-0.2, -0.15) is 13.2 Å². The zero-order valence-corrected chi connectivity index (χ0v) is 9.97. The van der Waals surface area contributed by atoms with E-state index in [0.717, 1.165) is 0 Å². The summed E-state index contributed by atoms with van der Waals surface area (Å²) >= 11 is 0. The first-order valence-electron chi connectivity index (χ1n) is 3.16. The third-order valence-electron chi connectivity index (χ3n) is 0.670. The van der Waals surface area contributed by atoms with Crippen molar-refractivity contribution in [3.05, 3.63) is 0 Å². The molecule has 0 fully saturated rings. The molecule has 0 heterocycles. The van der Waals surface area contributed by atoms with Crippen LogP contribution in [0.1, 0.15) is 13.8 Å². The van der Waals surface area contributed by atoms with E-state index in [0.29, 0.717) is 0 Å². The van der Waals surface area contributed by atoms with E-state index in [4.69, 9.17) is 23.2 Å². The average Bonchev–Trinajstić information content (AvgIpc) is 1.82. The second-order valence-electron chi connectivity index (χ2n) is 2.87. The summed E-state index contributed by atoms with van der Waals surface area (Å²) in [6.45, 7) is 2.92. The van der Waals surface area contributed by atoms with Gasteiger partial charge in [0.2, 0.25) is 0 Å². The van der Waals surface area contributed by atoms with Crippen molar-refractivity contribution >= 4 is 10.1 Å². The van der Waals surface area contributed by atoms with Crippen molar-refractivity contribution in [2.75, 3.05) is 6.61 Å². The Kier molecular flexibility index (Phi) is 9.45. The number of hydrogen-bond donors (Lipinski definition) is 2. The van der Waals surface area contributed by atoms with Crippen LogP contribution in [0, 0.1) is 0 Å². The summed E-state index contributed by atoms with van der Waals surface area (Å²) in [6, 6.07) is 0. The summed E-state index contributed by atoms with van der Waals surface area (Å²) in [7, 11) is -6.09. The van der Waals surface area contributed by atoms with Crippen molar-refractivity contribution in [3.63, 3.8) is 0 Å². The fourth-order valence-electron chi connectivity index (χ4n) is 0. The Bertz CT molecular complexity index is 255. The number of hydrogen-bond acceptors (Lipinski definition) is 5. The Balaban J connectivity index is -0.000000187. The summed E-state index contributed by atoms with van der Waals surface area (Å²) < 4.78 is 58.9. The summed E-state index contributed by atoms with van der Waals surface area (Å²) in [4.78, 5) is 0. The minimum absolute atomic E-state index is 0. The van der Waals surface area contributed by atoms with E-state index in [1.807, 2.05) is 0 Å². The molecule has 0 aliphatic carbocycles. The molecule has 0 aliphatic heterocycles. The zero-order chi connectivity index (χ0) is 12.2. The molecule has 0 atom stereocenters. The van der Waals surface area contributed by atoms with Crippen LogP contribution in [0.5, 0.6) is 0 Å². The molecule has 10 heteroatoms. The van der Waals surface area contributed by atoms with Crippen LogP contribution in [0.3, 0.4) is 0 Å². The normalized spacial score (nSPS) is 12.3. The molecule has 0 bridgehead atoms. The average molecular weight is 347 g/mol. The van der Waals surface area contributed by atoms with Crippen molar-refractivity contribution < 1.29 is 58.7 Å². The third kappa shape index (κ3) is 14.4. The van der Waals surface area contributed by atoms with Crippen LogP contribution < -0.4 is 0 Å². The van der Waals surface area contributed by atoms with Crippen LogP contribution in [-0.2, 0) is 32.5 Å². The van der Waals surface area contributed by atoms with E-state index in [1.54, 1.807) is 13.8 Å². The molecule has 2 N–H and O–H groups in total. The fourth-order valence-corrected chi connectivity index (χ4v) is 0. The molecule has 15 heavy (non-hydrogen) atoms. The van der Waals surface area contributed by atoms with E-state index in [2.05, 4.69) is 0 Å². The molecule has 0 saturated carbocycles. The molecule has 5 nitrogen and oxygen atoms in total. The molecule has 0 amide bonds. The fraction of sp³-hybridized carbons (Fsp3) is 1.00. The van der Waals surface area contributed by atoms with E-state index in [-0.39, 0.29) is 29.0 Å². The second-order valence-corrected chi connectivity index (χ2v) is 4.24. The number of alkyl halides is 3. The Hall–Kier alpha value is 0.360. The van der Waals surface area contributed by atoms with Gasteiger partial charge in [0.05, 0.1) is 12.2 Å². The molecule has 0 aliphatic rings. The summed E-state index contributed by atoms with van der Waals surface area (Å²) in [5, 5.41) is 16.7. The van der Waals surface area contributed by atoms with Crippen LogP contribution in [-0.4, -0.2) is 40.9 Å². The number of aliphatic hydroxyl groups is 2. The van der Waals surface area contributed by atoms with Crippen molar-refractivity contribution in [1.82, 2.24) is 0 Å². The second kappa shape index (κ2) is 6.84. The minimum Gasteiger partial charge on any atom is -0.741 e. The van der Waals surface area contributed by atoms with E-state index < -0.39 is 21.2 Å². The van der Waals surface area contributed by atoms with Gasteiger partial charge in [0.25, 0.3) is 0 Å². The van der Waals surface area contributed by atoms with Crippen LogP contribution in [0.4, 0.5) is 13.2 Å². The van der Waals surface area contributed by atoms with Gasteiger partial charge in [-0.15, -0.1) is 0 Å². The maximum absolute atomic E-state index is 10.7. The van der Waals surface area contributed by atoms with Crippen LogP contribution in [0.15, 0.2) is 0 Å². The number of rotatable bonds is 1. The molecule has 0 radical (unpaired) electrons. The topological polar surface area (TPSA) is 97.7 Å². The van der Waals surface area contributed by atoms with Crippen molar-refractivity contribution in [3.8, 4) is 0 Å². The molecular formula is C5H10AgF3O5S. The molecule has 0 unspecified atom stereocenters. The van der Waals surface area contributed by atoms with Gasteiger partial charge in [-0.05, 0) is 13.8 Å². The quantitative estimate of drug-likeness (QED) is 0.389. The van der Waals surface area contributed by atoms with Gasteiger partial charge in [0.15, 0.2) is 10.1 Å². The van der Waals surface area contributed by atoms with Crippen molar-refractivity contribution in [1.29, 1.82) is 0 Å². The zero-order valence-electron chi connectivity index (χ0n) is 7.67. The standard InChI is InChI=1S/C4H10O2.CHF3O3S.Ag/c1-4(2,6)3-5;2-1(3,4)8(5,6)7;/h5-6H,3H2,1-2H3;(H,5,6,7);/q;;+1/p-1. The maximum atomic E-state index is 10.7. The van der Waals surface area contributed by atoms with Gasteiger partial charge in [-0.25, -0.2) is 8.42 Å². The maximum Gasteiger partial charge on any atom is 1.00 e. The third-order valence-corrected chi connectivity index (χ3v) is 1.24. The van der Waals surface area contributed by atoms with Gasteiger partial charge in [0.1, 0.15) is 0 Å². The first kappa shape index (κ1) is 20.7. The molecule has 0 aromatic carbocycles. The predicted octanol–water partition coefficient (Wildman–Crippen LogP) is -0.201. The molecule has 0 saturated heterocycles. The van der Waals surface area contributed by atoms with E-state index in [9.17, 15) is 13.2 Å². The summed E-state index contributed by atoms with van der Waals surface area (Å²) in [5.74, 6) is 0. The van der Waals surface area contributed by atoms with Crippen LogP contribution in [0.2, 0.25) is 0 Å². The van der Waals surface area contributed by atoms with Crippen molar-refractivity contribution in [2.45, 2.75) is 25.0 Å². The predicted molar refractivity (Wildman–Crippen MR) is 39.1 cm³/mol. The van der Waals surface area contributed by atoms with Gasteiger partial charge >= 0.3 is 27.9 Å². The first-order valence-corrected chi connectivity index (χ1v) is 4.57. The van der Waals surface area contributed by atoms with Gasteiger partial charge < -0.3 is 14.8 Å². The van der Waals surface area contributed by atoms with Gasteiger partial charge in [-0.3, -0.25) is 0 Å². The van der Waals surface area contributed by atoms with Gasteiger partial charge in [0, 0.05) is 0 Å². The first-order chi connectivity index (χ1) is 5.81. The molecule has 0 aromatic heterocycles. The molecule has 0 rings (SSSR count). The molecular weight excluding hydrogens is 337 g/mol. The minimum atomic E-state index is -6.09. The van der Waals surface area contributed by atoms with Crippen molar-refractivity contribution in [2.24, 2.45) is 0 Å². The molecule has 0 aromatic rings. The largest absolute Gasteiger partial charge is 1.00 e.